The summed E-state index contributed by atoms with van der Waals surface area (Å²) in [5, 5.41) is 3.64. The van der Waals surface area contributed by atoms with Gasteiger partial charge in [0.1, 0.15) is 5.78 Å². The molecule has 19 heavy (non-hydrogen) atoms. The third-order valence-electron chi connectivity index (χ3n) is 3.87. The summed E-state index contributed by atoms with van der Waals surface area (Å²) >= 11 is 0. The minimum Gasteiger partial charge on any atom is -0.314 e. The predicted molar refractivity (Wildman–Crippen MR) is 82.4 cm³/mol. The van der Waals surface area contributed by atoms with Crippen LogP contribution < -0.4 is 5.32 Å². The van der Waals surface area contributed by atoms with Crippen molar-refractivity contribution in [2.45, 2.75) is 83.6 Å². The molecule has 1 aliphatic heterocycles. The summed E-state index contributed by atoms with van der Waals surface area (Å²) in [6.07, 6.45) is 16.8. The van der Waals surface area contributed by atoms with Gasteiger partial charge in [-0.2, -0.15) is 0 Å². The van der Waals surface area contributed by atoms with E-state index in [1.807, 2.05) is 0 Å². The fourth-order valence-electron chi connectivity index (χ4n) is 2.72. The number of hydrogen-bond donors (Lipinski definition) is 1. The maximum atomic E-state index is 11.7. The van der Waals surface area contributed by atoms with Gasteiger partial charge < -0.3 is 5.32 Å². The first-order valence-electron chi connectivity index (χ1n) is 8.23. The van der Waals surface area contributed by atoms with Crippen molar-refractivity contribution in [3.05, 3.63) is 12.2 Å². The third-order valence-corrected chi connectivity index (χ3v) is 3.87. The summed E-state index contributed by atoms with van der Waals surface area (Å²) in [5.41, 5.74) is 0. The smallest absolute Gasteiger partial charge is 0.132 e. The zero-order chi connectivity index (χ0) is 13.8. The van der Waals surface area contributed by atoms with Crippen molar-refractivity contribution >= 4 is 5.78 Å². The fraction of sp³-hybridized carbons (Fsp3) is 0.824. The van der Waals surface area contributed by atoms with Gasteiger partial charge in [-0.25, -0.2) is 0 Å². The fourth-order valence-corrected chi connectivity index (χ4v) is 2.72. The predicted octanol–water partition coefficient (Wildman–Crippen LogP) is 4.39. The highest BCUT2D eigenvalue weighted by Gasteiger charge is 2.07. The summed E-state index contributed by atoms with van der Waals surface area (Å²) in [6, 6.07) is 0.661. The van der Waals surface area contributed by atoms with E-state index in [1.165, 1.54) is 38.5 Å². The molecule has 1 heterocycles. The molecule has 0 spiro atoms. The van der Waals surface area contributed by atoms with Gasteiger partial charge in [0.25, 0.3) is 0 Å². The lowest BCUT2D eigenvalue weighted by Gasteiger charge is -2.17. The Hall–Kier alpha value is -0.630. The van der Waals surface area contributed by atoms with Crippen molar-refractivity contribution in [2.75, 3.05) is 6.54 Å². The molecule has 2 heteroatoms. The number of rotatable bonds is 2. The van der Waals surface area contributed by atoms with Crippen molar-refractivity contribution in [3.8, 4) is 0 Å². The normalized spacial score (nSPS) is 26.4. The van der Waals surface area contributed by atoms with E-state index >= 15 is 0 Å². The summed E-state index contributed by atoms with van der Waals surface area (Å²) < 4.78 is 0. The molecule has 0 aromatic heterocycles. The monoisotopic (exact) mass is 265 g/mol. The number of carbonyl (C=O) groups excluding carboxylic acids is 1. The van der Waals surface area contributed by atoms with Gasteiger partial charge in [0.2, 0.25) is 0 Å². The van der Waals surface area contributed by atoms with Gasteiger partial charge >= 0.3 is 0 Å². The van der Waals surface area contributed by atoms with Gasteiger partial charge in [-0.3, -0.25) is 4.79 Å². The average molecular weight is 265 g/mol. The number of allylic oxidation sites excluding steroid dienone is 2. The van der Waals surface area contributed by atoms with Crippen molar-refractivity contribution < 1.29 is 4.79 Å². The maximum Gasteiger partial charge on any atom is 0.132 e. The molecule has 0 aliphatic carbocycles. The zero-order valence-corrected chi connectivity index (χ0v) is 12.6. The summed E-state index contributed by atoms with van der Waals surface area (Å²) in [5.74, 6) is 0.442. The molecule has 0 saturated heterocycles. The van der Waals surface area contributed by atoms with Crippen molar-refractivity contribution in [1.82, 2.24) is 5.32 Å². The second-order valence-corrected chi connectivity index (χ2v) is 5.73. The van der Waals surface area contributed by atoms with Crippen LogP contribution in [0.4, 0.5) is 0 Å². The van der Waals surface area contributed by atoms with E-state index in [1.54, 1.807) is 0 Å². The van der Waals surface area contributed by atoms with Gasteiger partial charge in [0.05, 0.1) is 0 Å². The molecule has 0 bridgehead atoms. The third kappa shape index (κ3) is 8.99. The first-order chi connectivity index (χ1) is 9.33. The topological polar surface area (TPSA) is 29.1 Å². The Balaban J connectivity index is 2.35. The zero-order valence-electron chi connectivity index (χ0n) is 12.6. The molecule has 2 nitrogen and oxygen atoms in total. The minimum atomic E-state index is 0.442. The van der Waals surface area contributed by atoms with Crippen LogP contribution in [0.5, 0.6) is 0 Å². The number of Topliss-reactive ketones (excluding diaryl/α,β-unsaturated/α-hetero) is 1. The Morgan fingerprint density at radius 3 is 2.63 bits per heavy atom. The summed E-state index contributed by atoms with van der Waals surface area (Å²) in [7, 11) is 0. The van der Waals surface area contributed by atoms with Gasteiger partial charge in [-0.05, 0) is 51.5 Å². The largest absolute Gasteiger partial charge is 0.314 e. The van der Waals surface area contributed by atoms with Crippen LogP contribution in [0, 0.1) is 0 Å². The molecular formula is C17H31NO. The highest BCUT2D eigenvalue weighted by molar-refractivity contribution is 5.78. The minimum absolute atomic E-state index is 0.442. The molecule has 1 rings (SSSR count). The van der Waals surface area contributed by atoms with E-state index in [0.717, 1.165) is 38.6 Å². The number of ketones is 1. The van der Waals surface area contributed by atoms with Crippen LogP contribution >= 0.6 is 0 Å². The molecule has 0 aromatic carbocycles. The Bertz CT molecular complexity index is 260. The quantitative estimate of drug-likeness (QED) is 0.750. The van der Waals surface area contributed by atoms with Crippen LogP contribution in [0.15, 0.2) is 12.2 Å². The van der Waals surface area contributed by atoms with E-state index in [2.05, 4.69) is 24.4 Å². The molecule has 0 radical (unpaired) electrons. The van der Waals surface area contributed by atoms with Gasteiger partial charge in [-0.1, -0.05) is 31.9 Å². The van der Waals surface area contributed by atoms with Gasteiger partial charge in [-0.15, -0.1) is 0 Å². The molecule has 0 fully saturated rings. The van der Waals surface area contributed by atoms with Gasteiger partial charge in [0.15, 0.2) is 0 Å². The van der Waals surface area contributed by atoms with Gasteiger partial charge in [0, 0.05) is 18.9 Å². The highest BCUT2D eigenvalue weighted by Crippen LogP contribution is 2.11. The second kappa shape index (κ2) is 11.2. The van der Waals surface area contributed by atoms with Crippen molar-refractivity contribution in [1.29, 1.82) is 0 Å². The molecular weight excluding hydrogens is 234 g/mol. The molecule has 110 valence electrons. The molecule has 1 N–H and O–H groups in total. The van der Waals surface area contributed by atoms with Crippen molar-refractivity contribution in [2.24, 2.45) is 0 Å². The number of nitrogens with one attached hydrogen (secondary N) is 1. The second-order valence-electron chi connectivity index (χ2n) is 5.73. The van der Waals surface area contributed by atoms with E-state index in [4.69, 9.17) is 0 Å². The molecule has 0 saturated carbocycles. The number of carbonyl (C=O) groups is 1. The molecule has 1 unspecified atom stereocenters. The molecule has 1 aliphatic rings. The van der Waals surface area contributed by atoms with Crippen LogP contribution in [0.25, 0.3) is 0 Å². The van der Waals surface area contributed by atoms with Crippen LogP contribution in [-0.4, -0.2) is 18.4 Å². The first kappa shape index (κ1) is 16.4. The van der Waals surface area contributed by atoms with Crippen LogP contribution in [0.1, 0.15) is 77.6 Å². The number of hydrogen-bond acceptors (Lipinski definition) is 2. The average Bonchev–Trinajstić information content (AvgIpc) is 2.41. The summed E-state index contributed by atoms with van der Waals surface area (Å²) in [4.78, 5) is 11.7. The van der Waals surface area contributed by atoms with Crippen LogP contribution in [-0.2, 0) is 4.79 Å². The van der Waals surface area contributed by atoms with E-state index in [-0.39, 0.29) is 0 Å². The van der Waals surface area contributed by atoms with E-state index in [9.17, 15) is 4.79 Å². The maximum absolute atomic E-state index is 11.7. The van der Waals surface area contributed by atoms with E-state index < -0.39 is 0 Å². The van der Waals surface area contributed by atoms with Crippen LogP contribution in [0.2, 0.25) is 0 Å². The Labute approximate surface area is 119 Å². The molecule has 0 aromatic rings. The first-order valence-corrected chi connectivity index (χ1v) is 8.23. The molecule has 0 amide bonds. The highest BCUT2D eigenvalue weighted by atomic mass is 16.1. The molecule has 1 atom stereocenters. The Morgan fingerprint density at radius 1 is 1.11 bits per heavy atom. The standard InChI is InChI=1S/C17H31NO/c1-2-11-16-12-8-6-4-3-5-7-9-13-17(19)14-10-15-18-16/h3,5,16,18H,2,4,6-15H2,1H3/b5-3-. The van der Waals surface area contributed by atoms with Crippen LogP contribution in [0.3, 0.4) is 0 Å². The van der Waals surface area contributed by atoms with E-state index in [0.29, 0.717) is 11.8 Å². The van der Waals surface area contributed by atoms with Crippen molar-refractivity contribution in [3.63, 3.8) is 0 Å². The SMILES string of the molecule is CCCC1CCCC/C=C\CCCC(=O)CCCN1. The lowest BCUT2D eigenvalue weighted by Crippen LogP contribution is -2.30. The Kier molecular flexibility index (Phi) is 9.70. The lowest BCUT2D eigenvalue weighted by atomic mass is 10.0. The summed E-state index contributed by atoms with van der Waals surface area (Å²) in [6.45, 7) is 3.26. The lowest BCUT2D eigenvalue weighted by molar-refractivity contribution is -0.119. The Morgan fingerprint density at radius 2 is 1.84 bits per heavy atom.